The molecule has 0 heterocycles. The molecule has 13 nitrogen and oxygen atoms in total. The largest absolute Gasteiger partial charge is 0.517 e. The lowest BCUT2D eigenvalue weighted by molar-refractivity contribution is -0.139. The van der Waals surface area contributed by atoms with Crippen LogP contribution in [0.2, 0.25) is 32.2 Å². The lowest BCUT2D eigenvalue weighted by Gasteiger charge is -2.50. The zero-order valence-electron chi connectivity index (χ0n) is 71.4. The highest BCUT2D eigenvalue weighted by Crippen LogP contribution is 2.56. The normalized spacial score (nSPS) is 12.8. The molecule has 0 radical (unpaired) electrons. The molecule has 2 amide bonds. The Hall–Kier alpha value is -6.56. The number of ether oxygens (including phenoxy) is 2. The summed E-state index contributed by atoms with van der Waals surface area (Å²) in [6, 6.07) is 47.2. The number of benzene rings is 5. The van der Waals surface area contributed by atoms with Gasteiger partial charge in [0.1, 0.15) is 31.3 Å². The number of unbranched alkanes of at least 4 members (excludes halogenated alkanes) is 30. The van der Waals surface area contributed by atoms with Gasteiger partial charge < -0.3 is 39.8 Å². The maximum Gasteiger partial charge on any atom is 0.408 e. The lowest BCUT2D eigenvalue weighted by atomic mass is 10.0. The second kappa shape index (κ2) is 55.0. The number of hydrogen-bond donors (Lipinski definition) is 4. The van der Waals surface area contributed by atoms with E-state index in [4.69, 9.17) is 24.1 Å². The quantitative estimate of drug-likeness (QED) is 0.0214. The highest BCUT2D eigenvalue weighted by Gasteiger charge is 2.59. The van der Waals surface area contributed by atoms with Crippen LogP contribution >= 0.6 is 0 Å². The molecule has 0 saturated heterocycles. The third kappa shape index (κ3) is 40.3. The summed E-state index contributed by atoms with van der Waals surface area (Å²) < 4.78 is 24.0. The van der Waals surface area contributed by atoms with Crippen LogP contribution in [0.1, 0.15) is 330 Å². The molecule has 3 atom stereocenters. The van der Waals surface area contributed by atoms with Crippen LogP contribution in [0, 0.1) is 0 Å². The average molecular weight is 1550 g/mol. The van der Waals surface area contributed by atoms with Crippen LogP contribution in [0.3, 0.4) is 0 Å². The first-order valence-corrected chi connectivity index (χ1v) is 47.2. The zero-order valence-corrected chi connectivity index (χ0v) is 73.4. The van der Waals surface area contributed by atoms with Gasteiger partial charge in [-0.05, 0) is 66.5 Å². The first kappa shape index (κ1) is 97.6. The second-order valence-electron chi connectivity index (χ2n) is 35.1. The van der Waals surface area contributed by atoms with Crippen molar-refractivity contribution in [1.29, 1.82) is 0 Å². The molecular weight excluding hydrogens is 1400 g/mol. The molecule has 0 aliphatic carbocycles. The molecule has 0 bridgehead atoms. The SMILES string of the molecule is CCCCCCCCCCCCCCCCCC[Si](OC(=O)[C@@H](N)Cc1ccccc1)(C(C)(C)C)C(C)(C)C.CCCCCCCCCCCCCCCCCC[Si](OC(=O)[C@H](Cc1ccccc1)NC(=O)OCc1ccccc1)(C(C)(C)C)C(C)(C)C.O=C(N[C@@H](Cc1ccccc1)C(=O)O)OCc1ccccc1. The number of carbonyl (C=O) groups is 5. The van der Waals surface area contributed by atoms with Gasteiger partial charge in [-0.1, -0.05) is 454 Å². The standard InChI is InChI=1S/C43H71NO4Si.C35H65NO2Si.C17H17NO4/c1-8-9-10-11-12-13-14-15-16-17-18-19-20-21-22-29-34-49(42(2,3)4,43(5,6)7)48-40(45)39(35-37-30-25-23-26-31-37)44-41(46)47-36-38-32-27-24-28-33-38;1-8-9-10-11-12-13-14-15-16-17-18-19-20-21-22-26-29-39(34(2,3)4,35(5,6)7)38-33(37)32(36)30-31-27-24-23-25-28-31;19-16(20)15(11-13-7-3-1-4-8-13)18-17(21)22-12-14-9-5-2-6-10-14/h23-28,30-33,39H,8-22,29,34-36H2,1-7H3,(H,44,46);23-25,27-28,32H,8-22,26,29-30,36H2,1-7H3;1-10,15H,11-12H2,(H,18,21)(H,19,20)/t39-;32-;15-/m000/s1. The predicted molar refractivity (Wildman–Crippen MR) is 464 cm³/mol. The number of carboxylic acids is 1. The van der Waals surface area contributed by atoms with Crippen LogP contribution in [-0.2, 0) is 65.2 Å². The number of hydrogen-bond acceptors (Lipinski definition) is 10. The molecule has 616 valence electrons. The smallest absolute Gasteiger partial charge is 0.408 e. The molecule has 5 rings (SSSR count). The molecule has 0 saturated carbocycles. The van der Waals surface area contributed by atoms with Crippen molar-refractivity contribution in [2.75, 3.05) is 0 Å². The van der Waals surface area contributed by atoms with Gasteiger partial charge in [0.25, 0.3) is 16.6 Å². The first-order chi connectivity index (χ1) is 52.5. The van der Waals surface area contributed by atoms with E-state index in [1.54, 1.807) is 0 Å². The Labute approximate surface area is 671 Å². The molecule has 0 aromatic heterocycles. The molecule has 5 N–H and O–H groups in total. The second-order valence-corrected chi connectivity index (χ2v) is 45.9. The summed E-state index contributed by atoms with van der Waals surface area (Å²) in [6.45, 7) is 31.8. The van der Waals surface area contributed by atoms with Crippen molar-refractivity contribution in [2.24, 2.45) is 5.73 Å². The van der Waals surface area contributed by atoms with Crippen LogP contribution in [0.5, 0.6) is 0 Å². The van der Waals surface area contributed by atoms with Crippen LogP contribution in [0.4, 0.5) is 9.59 Å². The fourth-order valence-corrected chi connectivity index (χ4v) is 27.1. The van der Waals surface area contributed by atoms with E-state index in [-0.39, 0.29) is 51.7 Å². The summed E-state index contributed by atoms with van der Waals surface area (Å²) in [7, 11) is -5.19. The van der Waals surface area contributed by atoms with Gasteiger partial charge in [0.05, 0.1) is 0 Å². The van der Waals surface area contributed by atoms with E-state index in [2.05, 4.69) is 108 Å². The highest BCUT2D eigenvalue weighted by molar-refractivity contribution is 6.81. The molecule has 15 heteroatoms. The van der Waals surface area contributed by atoms with Crippen molar-refractivity contribution in [3.05, 3.63) is 179 Å². The van der Waals surface area contributed by atoms with Gasteiger partial charge in [-0.2, -0.15) is 0 Å². The van der Waals surface area contributed by atoms with Crippen LogP contribution in [-0.4, -0.2) is 70.0 Å². The number of carbonyl (C=O) groups excluding carboxylic acids is 4. The van der Waals surface area contributed by atoms with E-state index in [1.807, 2.05) is 152 Å². The highest BCUT2D eigenvalue weighted by atomic mass is 28.4. The predicted octanol–water partition coefficient (Wildman–Crippen LogP) is 26.4. The average Bonchev–Trinajstić information content (AvgIpc) is 0.762. The Kier molecular flexibility index (Phi) is 48.8. The Bertz CT molecular complexity index is 3160. The van der Waals surface area contributed by atoms with Gasteiger partial charge in [-0.25, -0.2) is 14.4 Å². The van der Waals surface area contributed by atoms with Gasteiger partial charge in [0.2, 0.25) is 0 Å². The molecule has 5 aromatic carbocycles. The van der Waals surface area contributed by atoms with Crippen molar-refractivity contribution >= 4 is 46.7 Å². The number of aliphatic carboxylic acids is 1. The molecule has 0 unspecified atom stereocenters. The molecular formula is C95H153N3O10Si2. The van der Waals surface area contributed by atoms with Crippen molar-refractivity contribution < 1.29 is 47.4 Å². The molecule has 0 aliphatic heterocycles. The van der Waals surface area contributed by atoms with Crippen LogP contribution in [0.15, 0.2) is 152 Å². The number of alkyl carbamates (subject to hydrolysis) is 2. The van der Waals surface area contributed by atoms with Crippen molar-refractivity contribution in [3.8, 4) is 0 Å². The monoisotopic (exact) mass is 1550 g/mol. The van der Waals surface area contributed by atoms with E-state index >= 15 is 0 Å². The number of nitrogens with two attached hydrogens (primary N) is 1. The molecule has 0 aliphatic rings. The van der Waals surface area contributed by atoms with E-state index in [0.29, 0.717) is 12.8 Å². The topological polar surface area (TPSA) is 193 Å². The van der Waals surface area contributed by atoms with Crippen LogP contribution < -0.4 is 16.4 Å². The summed E-state index contributed by atoms with van der Waals surface area (Å²) in [5, 5.41) is 14.0. The molecule has 110 heavy (non-hydrogen) atoms. The summed E-state index contributed by atoms with van der Waals surface area (Å²) in [5.41, 5.74) is 11.0. The maximum atomic E-state index is 14.2. The number of rotatable bonds is 51. The van der Waals surface area contributed by atoms with E-state index in [9.17, 15) is 29.1 Å². The Morgan fingerprint density at radius 1 is 0.327 bits per heavy atom. The van der Waals surface area contributed by atoms with Gasteiger partial charge >= 0.3 is 30.1 Å². The number of nitrogens with one attached hydrogen (secondary N) is 2. The van der Waals surface area contributed by atoms with Crippen molar-refractivity contribution in [3.63, 3.8) is 0 Å². The minimum Gasteiger partial charge on any atom is -0.517 e. The van der Waals surface area contributed by atoms with Gasteiger partial charge in [0, 0.05) is 12.8 Å². The minimum absolute atomic E-state index is 0.0527. The third-order valence-electron chi connectivity index (χ3n) is 21.9. The fourth-order valence-electron chi connectivity index (χ4n) is 15.7. The summed E-state index contributed by atoms with van der Waals surface area (Å²) >= 11 is 0. The van der Waals surface area contributed by atoms with E-state index < -0.39 is 52.9 Å². The van der Waals surface area contributed by atoms with E-state index in [0.717, 1.165) is 59.2 Å². The number of carboxylic acid groups (broad SMARTS) is 1. The van der Waals surface area contributed by atoms with Gasteiger partial charge in [-0.3, -0.25) is 9.59 Å². The lowest BCUT2D eigenvalue weighted by Crippen LogP contribution is -2.58. The summed E-state index contributed by atoms with van der Waals surface area (Å²) in [4.78, 5) is 63.5. The summed E-state index contributed by atoms with van der Waals surface area (Å²) in [6.07, 6.45) is 43.0. The molecule has 0 spiro atoms. The Morgan fingerprint density at radius 2 is 0.555 bits per heavy atom. The Morgan fingerprint density at radius 3 is 0.818 bits per heavy atom. The van der Waals surface area contributed by atoms with E-state index in [1.165, 1.54) is 186 Å². The third-order valence-corrected chi connectivity index (χ3v) is 34.8. The number of amides is 2. The first-order valence-electron chi connectivity index (χ1n) is 43.0. The Balaban J connectivity index is 0.000000456. The molecule has 0 fully saturated rings. The minimum atomic E-state index is -2.71. The maximum absolute atomic E-state index is 14.2. The molecule has 5 aromatic rings. The van der Waals surface area contributed by atoms with Gasteiger partial charge in [-0.15, -0.1) is 0 Å². The fraction of sp³-hybridized carbons (Fsp3) is 0.632. The van der Waals surface area contributed by atoms with Crippen molar-refractivity contribution in [2.45, 2.75) is 385 Å². The van der Waals surface area contributed by atoms with Crippen molar-refractivity contribution in [1.82, 2.24) is 10.6 Å². The summed E-state index contributed by atoms with van der Waals surface area (Å²) in [5.74, 6) is -1.67. The van der Waals surface area contributed by atoms with Gasteiger partial charge in [0.15, 0.2) is 0 Å². The van der Waals surface area contributed by atoms with Crippen LogP contribution in [0.25, 0.3) is 0 Å². The zero-order chi connectivity index (χ0) is 81.0.